The maximum Gasteiger partial charge on any atom is 0.292 e. The Bertz CT molecular complexity index is 1100. The smallest absolute Gasteiger partial charge is 0.292 e. The van der Waals surface area contributed by atoms with Crippen molar-refractivity contribution in [1.82, 2.24) is 9.78 Å². The first-order valence-electron chi connectivity index (χ1n) is 10.7. The van der Waals surface area contributed by atoms with Crippen LogP contribution >= 0.6 is 0 Å². The molecule has 154 valence electrons. The summed E-state index contributed by atoms with van der Waals surface area (Å²) in [6, 6.07) is 11.8. The molecule has 3 aromatic rings. The van der Waals surface area contributed by atoms with Crippen LogP contribution in [0, 0.1) is 6.92 Å². The molecule has 1 amide bonds. The normalized spacial score (nSPS) is 16.6. The van der Waals surface area contributed by atoms with E-state index in [4.69, 9.17) is 9.52 Å². The van der Waals surface area contributed by atoms with Crippen LogP contribution in [0.3, 0.4) is 0 Å². The molecule has 6 nitrogen and oxygen atoms in total. The fraction of sp³-hybridized carbons (Fsp3) is 0.375. The van der Waals surface area contributed by atoms with E-state index in [-0.39, 0.29) is 17.5 Å². The summed E-state index contributed by atoms with van der Waals surface area (Å²) >= 11 is 0. The molecule has 1 saturated carbocycles. The van der Waals surface area contributed by atoms with Gasteiger partial charge in [-0.1, -0.05) is 31.0 Å². The molecule has 2 aliphatic carbocycles. The number of para-hydroxylation sites is 1. The summed E-state index contributed by atoms with van der Waals surface area (Å²) in [6.07, 6.45) is 6.68. The van der Waals surface area contributed by atoms with Gasteiger partial charge in [0.25, 0.3) is 5.91 Å². The molecule has 0 spiro atoms. The number of nitrogens with zero attached hydrogens (tertiary/aromatic N) is 2. The molecule has 5 rings (SSSR count). The molecule has 0 bridgehead atoms. The van der Waals surface area contributed by atoms with Gasteiger partial charge in [0.1, 0.15) is 11.6 Å². The van der Waals surface area contributed by atoms with Crippen LogP contribution in [0.15, 0.2) is 40.8 Å². The second-order valence-corrected chi connectivity index (χ2v) is 8.27. The summed E-state index contributed by atoms with van der Waals surface area (Å²) in [5.74, 6) is 1.63. The Morgan fingerprint density at radius 2 is 1.90 bits per heavy atom. The van der Waals surface area contributed by atoms with Gasteiger partial charge in [0, 0.05) is 30.4 Å². The van der Waals surface area contributed by atoms with Crippen molar-refractivity contribution in [1.29, 1.82) is 0 Å². The van der Waals surface area contributed by atoms with Gasteiger partial charge < -0.3 is 9.73 Å². The summed E-state index contributed by atoms with van der Waals surface area (Å²) in [7, 11) is 0. The maximum absolute atomic E-state index is 13.1. The van der Waals surface area contributed by atoms with Crippen molar-refractivity contribution in [2.24, 2.45) is 0 Å². The van der Waals surface area contributed by atoms with Crippen molar-refractivity contribution in [3.05, 3.63) is 64.7 Å². The third-order valence-corrected chi connectivity index (χ3v) is 6.26. The molecule has 2 heterocycles. The number of aryl methyl sites for hydroxylation is 1. The SMILES string of the molecule is Cc1c(C(=O)Nc2cc(C3CCCC3)nn2-c2ccccc2)oc2c1C(=O)CCC2. The number of carbonyl (C=O) groups is 2. The van der Waals surface area contributed by atoms with Crippen molar-refractivity contribution in [2.45, 2.75) is 57.8 Å². The predicted molar refractivity (Wildman–Crippen MR) is 113 cm³/mol. The standard InChI is InChI=1S/C24H25N3O3/c1-15-22-19(28)12-7-13-20(22)30-23(15)24(29)25-21-14-18(16-8-5-6-9-16)26-27(21)17-10-3-2-4-11-17/h2-4,10-11,14,16H,5-9,12-13H2,1H3,(H,25,29). The third kappa shape index (κ3) is 3.26. The molecule has 1 N–H and O–H groups in total. The van der Waals surface area contributed by atoms with Gasteiger partial charge in [-0.25, -0.2) is 4.68 Å². The van der Waals surface area contributed by atoms with E-state index in [9.17, 15) is 9.59 Å². The van der Waals surface area contributed by atoms with Gasteiger partial charge in [-0.2, -0.15) is 5.10 Å². The minimum atomic E-state index is -0.343. The molecule has 0 aliphatic heterocycles. The van der Waals surface area contributed by atoms with Crippen molar-refractivity contribution < 1.29 is 14.0 Å². The molecule has 0 unspecified atom stereocenters. The highest BCUT2D eigenvalue weighted by Crippen LogP contribution is 2.35. The van der Waals surface area contributed by atoms with Crippen LogP contribution in [0.5, 0.6) is 0 Å². The topological polar surface area (TPSA) is 77.1 Å². The Morgan fingerprint density at radius 3 is 2.63 bits per heavy atom. The molecule has 1 fully saturated rings. The number of aromatic nitrogens is 2. The minimum absolute atomic E-state index is 0.0643. The van der Waals surface area contributed by atoms with E-state index in [1.807, 2.05) is 36.4 Å². The number of nitrogens with one attached hydrogen (secondary N) is 1. The van der Waals surface area contributed by atoms with E-state index >= 15 is 0 Å². The molecule has 0 atom stereocenters. The van der Waals surface area contributed by atoms with Crippen LogP contribution in [-0.2, 0) is 6.42 Å². The lowest BCUT2D eigenvalue weighted by molar-refractivity contribution is 0.0963. The van der Waals surface area contributed by atoms with Crippen LogP contribution < -0.4 is 5.32 Å². The number of furan rings is 1. The fourth-order valence-electron chi connectivity index (χ4n) is 4.71. The molecule has 6 heteroatoms. The first-order chi connectivity index (χ1) is 14.6. The van der Waals surface area contributed by atoms with Crippen LogP contribution in [0.1, 0.15) is 82.4 Å². The highest BCUT2D eigenvalue weighted by molar-refractivity contribution is 6.07. The van der Waals surface area contributed by atoms with E-state index in [2.05, 4.69) is 5.32 Å². The van der Waals surface area contributed by atoms with Crippen molar-refractivity contribution in [3.8, 4) is 5.69 Å². The second kappa shape index (κ2) is 7.59. The number of rotatable bonds is 4. The summed E-state index contributed by atoms with van der Waals surface area (Å²) in [5, 5.41) is 7.82. The largest absolute Gasteiger partial charge is 0.455 e. The number of benzene rings is 1. The minimum Gasteiger partial charge on any atom is -0.455 e. The van der Waals surface area contributed by atoms with Gasteiger partial charge >= 0.3 is 0 Å². The quantitative estimate of drug-likeness (QED) is 0.649. The van der Waals surface area contributed by atoms with Crippen LogP contribution in [-0.4, -0.2) is 21.5 Å². The number of fused-ring (bicyclic) bond motifs is 1. The molecule has 2 aromatic heterocycles. The molecule has 2 aliphatic rings. The number of carbonyl (C=O) groups excluding carboxylic acids is 2. The zero-order valence-corrected chi connectivity index (χ0v) is 17.1. The predicted octanol–water partition coefficient (Wildman–Crippen LogP) is 5.20. The van der Waals surface area contributed by atoms with E-state index in [0.29, 0.717) is 41.5 Å². The molecular formula is C24H25N3O3. The molecular weight excluding hydrogens is 378 g/mol. The number of amides is 1. The number of hydrogen-bond acceptors (Lipinski definition) is 4. The summed E-state index contributed by atoms with van der Waals surface area (Å²) in [4.78, 5) is 25.4. The van der Waals surface area contributed by atoms with Gasteiger partial charge in [0.15, 0.2) is 11.5 Å². The lowest BCUT2D eigenvalue weighted by Gasteiger charge is -2.08. The summed E-state index contributed by atoms with van der Waals surface area (Å²) in [5.41, 5.74) is 3.13. The Labute approximate surface area is 175 Å². The molecule has 0 saturated heterocycles. The van der Waals surface area contributed by atoms with E-state index in [0.717, 1.165) is 30.6 Å². The van der Waals surface area contributed by atoms with Crippen molar-refractivity contribution >= 4 is 17.5 Å². The van der Waals surface area contributed by atoms with E-state index < -0.39 is 0 Å². The Morgan fingerprint density at radius 1 is 1.13 bits per heavy atom. The van der Waals surface area contributed by atoms with Crippen molar-refractivity contribution in [3.63, 3.8) is 0 Å². The zero-order valence-electron chi connectivity index (χ0n) is 17.1. The molecule has 0 radical (unpaired) electrons. The van der Waals surface area contributed by atoms with Crippen LogP contribution in [0.2, 0.25) is 0 Å². The zero-order chi connectivity index (χ0) is 20.7. The Hall–Kier alpha value is -3.15. The van der Waals surface area contributed by atoms with Crippen LogP contribution in [0.4, 0.5) is 5.82 Å². The van der Waals surface area contributed by atoms with Gasteiger partial charge in [0.05, 0.1) is 16.9 Å². The number of anilines is 1. The number of ketones is 1. The molecule has 30 heavy (non-hydrogen) atoms. The molecule has 1 aromatic carbocycles. The van der Waals surface area contributed by atoms with Crippen molar-refractivity contribution in [2.75, 3.05) is 5.32 Å². The van der Waals surface area contributed by atoms with Gasteiger partial charge in [-0.05, 0) is 38.3 Å². The Kier molecular flexibility index (Phi) is 4.77. The van der Waals surface area contributed by atoms with Gasteiger partial charge in [0.2, 0.25) is 0 Å². The number of hydrogen-bond donors (Lipinski definition) is 1. The van der Waals surface area contributed by atoms with Gasteiger partial charge in [-0.3, -0.25) is 9.59 Å². The first-order valence-corrected chi connectivity index (χ1v) is 10.7. The average Bonchev–Trinajstić information content (AvgIpc) is 3.48. The van der Waals surface area contributed by atoms with Gasteiger partial charge in [-0.15, -0.1) is 0 Å². The first kappa shape index (κ1) is 18.9. The Balaban J connectivity index is 1.50. The summed E-state index contributed by atoms with van der Waals surface area (Å²) in [6.45, 7) is 1.79. The lowest BCUT2D eigenvalue weighted by atomic mass is 9.94. The maximum atomic E-state index is 13.1. The summed E-state index contributed by atoms with van der Waals surface area (Å²) < 4.78 is 7.62. The monoisotopic (exact) mass is 403 g/mol. The van der Waals surface area contributed by atoms with E-state index in [1.165, 1.54) is 12.8 Å². The number of Topliss-reactive ketones (excluding diaryl/α,β-unsaturated/α-hetero) is 1. The average molecular weight is 403 g/mol. The highest BCUT2D eigenvalue weighted by Gasteiger charge is 2.30. The van der Waals surface area contributed by atoms with E-state index in [1.54, 1.807) is 11.6 Å². The fourth-order valence-corrected chi connectivity index (χ4v) is 4.71. The third-order valence-electron chi connectivity index (χ3n) is 6.26. The second-order valence-electron chi connectivity index (χ2n) is 8.27. The van der Waals surface area contributed by atoms with Crippen LogP contribution in [0.25, 0.3) is 5.69 Å². The highest BCUT2D eigenvalue weighted by atomic mass is 16.4. The lowest BCUT2D eigenvalue weighted by Crippen LogP contribution is -2.16.